The van der Waals surface area contributed by atoms with Crippen LogP contribution in [0.3, 0.4) is 0 Å². The highest BCUT2D eigenvalue weighted by atomic mass is 79.9. The lowest BCUT2D eigenvalue weighted by atomic mass is 10.2. The Morgan fingerprint density at radius 1 is 1.19 bits per heavy atom. The molecule has 0 saturated carbocycles. The Kier molecular flexibility index (Phi) is 7.02. The van der Waals surface area contributed by atoms with Gasteiger partial charge in [-0.1, -0.05) is 45.7 Å². The van der Waals surface area contributed by atoms with Gasteiger partial charge >= 0.3 is 5.97 Å². The molecule has 0 fully saturated rings. The Balaban J connectivity index is 2.03. The first-order valence-corrected chi connectivity index (χ1v) is 10.8. The molecule has 0 saturated heterocycles. The van der Waals surface area contributed by atoms with Crippen LogP contribution in [0, 0.1) is 0 Å². The average Bonchev–Trinajstić information content (AvgIpc) is 2.60. The van der Waals surface area contributed by atoms with Gasteiger partial charge < -0.3 is 9.64 Å². The third-order valence-corrected chi connectivity index (χ3v) is 5.92. The molecular formula is C18H17BrClNO5S. The topological polar surface area (TPSA) is 80.8 Å². The van der Waals surface area contributed by atoms with E-state index in [9.17, 15) is 18.0 Å². The summed E-state index contributed by atoms with van der Waals surface area (Å²) in [6.45, 7) is -0.151. The largest absolute Gasteiger partial charge is 0.452 e. The van der Waals surface area contributed by atoms with E-state index in [0.717, 1.165) is 22.4 Å². The lowest BCUT2D eigenvalue weighted by Crippen LogP contribution is -2.31. The Bertz CT molecular complexity index is 977. The highest BCUT2D eigenvalue weighted by molar-refractivity contribution is 9.10. The Labute approximate surface area is 171 Å². The van der Waals surface area contributed by atoms with E-state index in [1.165, 1.54) is 17.0 Å². The number of halogens is 2. The minimum Gasteiger partial charge on any atom is -0.452 e. The van der Waals surface area contributed by atoms with Crippen molar-refractivity contribution in [3.8, 4) is 0 Å². The van der Waals surface area contributed by atoms with Crippen LogP contribution in [0.1, 0.15) is 15.9 Å². The van der Waals surface area contributed by atoms with Crippen molar-refractivity contribution in [3.05, 3.63) is 63.1 Å². The zero-order valence-electron chi connectivity index (χ0n) is 14.6. The number of likely N-dealkylation sites (N-methyl/N-ethyl adjacent to an activating group) is 1. The van der Waals surface area contributed by atoms with Crippen LogP contribution >= 0.6 is 27.5 Å². The first-order chi connectivity index (χ1) is 12.6. The molecule has 0 aliphatic heterocycles. The predicted molar refractivity (Wildman–Crippen MR) is 105 cm³/mol. The maximum atomic E-state index is 12.2. The summed E-state index contributed by atoms with van der Waals surface area (Å²) in [6.07, 6.45) is 1.02. The summed E-state index contributed by atoms with van der Waals surface area (Å²) in [4.78, 5) is 25.8. The molecule has 0 unspecified atom stereocenters. The van der Waals surface area contributed by atoms with Gasteiger partial charge in [0.15, 0.2) is 16.4 Å². The zero-order chi connectivity index (χ0) is 20.2. The molecule has 2 aromatic rings. The average molecular weight is 475 g/mol. The van der Waals surface area contributed by atoms with Gasteiger partial charge in [-0.2, -0.15) is 0 Å². The molecule has 0 aromatic heterocycles. The van der Waals surface area contributed by atoms with Crippen molar-refractivity contribution >= 4 is 49.2 Å². The van der Waals surface area contributed by atoms with Crippen LogP contribution in [0.25, 0.3) is 0 Å². The molecule has 0 N–H and O–H groups in total. The molecule has 6 nitrogen and oxygen atoms in total. The van der Waals surface area contributed by atoms with E-state index in [2.05, 4.69) is 15.9 Å². The summed E-state index contributed by atoms with van der Waals surface area (Å²) in [6, 6.07) is 11.2. The van der Waals surface area contributed by atoms with E-state index in [1.807, 2.05) is 24.3 Å². The van der Waals surface area contributed by atoms with Crippen LogP contribution in [0.5, 0.6) is 0 Å². The third-order valence-electron chi connectivity index (χ3n) is 3.70. The molecule has 1 amide bonds. The smallest absolute Gasteiger partial charge is 0.340 e. The van der Waals surface area contributed by atoms with E-state index in [-0.39, 0.29) is 15.5 Å². The third kappa shape index (κ3) is 5.79. The molecule has 0 aliphatic rings. The number of carbonyl (C=O) groups is 2. The van der Waals surface area contributed by atoms with Crippen LogP contribution in [0.2, 0.25) is 5.02 Å². The van der Waals surface area contributed by atoms with Crippen LogP contribution in [-0.2, 0) is 25.9 Å². The van der Waals surface area contributed by atoms with Crippen molar-refractivity contribution in [2.45, 2.75) is 11.4 Å². The minimum atomic E-state index is -3.51. The van der Waals surface area contributed by atoms with Crippen LogP contribution in [0.15, 0.2) is 51.8 Å². The molecule has 2 aromatic carbocycles. The molecule has 0 spiro atoms. The second-order valence-corrected chi connectivity index (χ2v) is 9.11. The minimum absolute atomic E-state index is 0.0430. The van der Waals surface area contributed by atoms with Gasteiger partial charge in [-0.3, -0.25) is 4.79 Å². The van der Waals surface area contributed by atoms with E-state index in [4.69, 9.17) is 16.3 Å². The summed E-state index contributed by atoms with van der Waals surface area (Å²) in [5.74, 6) is -1.28. The maximum absolute atomic E-state index is 12.2. The first kappa shape index (κ1) is 21.4. The molecule has 2 rings (SSSR count). The maximum Gasteiger partial charge on any atom is 0.340 e. The van der Waals surface area contributed by atoms with Gasteiger partial charge in [0, 0.05) is 24.3 Å². The van der Waals surface area contributed by atoms with Gasteiger partial charge in [-0.25, -0.2) is 13.2 Å². The fourth-order valence-corrected chi connectivity index (χ4v) is 3.43. The van der Waals surface area contributed by atoms with Crippen molar-refractivity contribution in [3.63, 3.8) is 0 Å². The fourth-order valence-electron chi connectivity index (χ4n) is 2.18. The number of ether oxygens (including phenoxy) is 1. The molecule has 0 bridgehead atoms. The molecule has 144 valence electrons. The molecule has 0 aliphatic carbocycles. The van der Waals surface area contributed by atoms with Crippen molar-refractivity contribution < 1.29 is 22.7 Å². The van der Waals surface area contributed by atoms with Crippen LogP contribution in [0.4, 0.5) is 0 Å². The number of rotatable bonds is 6. The number of hydrogen-bond donors (Lipinski definition) is 0. The lowest BCUT2D eigenvalue weighted by Gasteiger charge is -2.18. The second-order valence-electron chi connectivity index (χ2n) is 5.83. The van der Waals surface area contributed by atoms with Gasteiger partial charge in [-0.05, 0) is 29.8 Å². The molecule has 0 heterocycles. The van der Waals surface area contributed by atoms with E-state index in [0.29, 0.717) is 6.54 Å². The van der Waals surface area contributed by atoms with Gasteiger partial charge in [0.1, 0.15) is 0 Å². The van der Waals surface area contributed by atoms with Gasteiger partial charge in [0.25, 0.3) is 5.91 Å². The van der Waals surface area contributed by atoms with Crippen molar-refractivity contribution in [1.82, 2.24) is 4.90 Å². The summed E-state index contributed by atoms with van der Waals surface area (Å²) >= 11 is 9.36. The van der Waals surface area contributed by atoms with E-state index < -0.39 is 28.3 Å². The normalized spacial score (nSPS) is 11.1. The quantitative estimate of drug-likeness (QED) is 0.600. The van der Waals surface area contributed by atoms with E-state index in [1.54, 1.807) is 7.05 Å². The standard InChI is InChI=1S/C18H17BrClNO5S/c1-21(10-12-5-3-4-6-15(12)19)17(22)11-26-18(23)14-9-13(27(2,24)25)7-8-16(14)20/h3-9H,10-11H2,1-2H3. The van der Waals surface area contributed by atoms with Crippen molar-refractivity contribution in [2.24, 2.45) is 0 Å². The lowest BCUT2D eigenvalue weighted by molar-refractivity contribution is -0.133. The van der Waals surface area contributed by atoms with Crippen LogP contribution < -0.4 is 0 Å². The number of esters is 1. The fraction of sp³-hybridized carbons (Fsp3) is 0.222. The summed E-state index contributed by atoms with van der Waals surface area (Å²) in [5.41, 5.74) is 0.796. The molecule has 9 heteroatoms. The highest BCUT2D eigenvalue weighted by Gasteiger charge is 2.19. The summed E-state index contributed by atoms with van der Waals surface area (Å²) < 4.78 is 29.1. The zero-order valence-corrected chi connectivity index (χ0v) is 17.8. The highest BCUT2D eigenvalue weighted by Crippen LogP contribution is 2.21. The van der Waals surface area contributed by atoms with Gasteiger partial charge in [0.2, 0.25) is 0 Å². The number of hydrogen-bond acceptors (Lipinski definition) is 5. The Morgan fingerprint density at radius 2 is 1.85 bits per heavy atom. The first-order valence-electron chi connectivity index (χ1n) is 7.73. The summed E-state index contributed by atoms with van der Waals surface area (Å²) in [5, 5.41) is 0.0430. The van der Waals surface area contributed by atoms with Gasteiger partial charge in [-0.15, -0.1) is 0 Å². The predicted octanol–water partition coefficient (Wildman–Crippen LogP) is 3.32. The number of nitrogens with zero attached hydrogens (tertiary/aromatic N) is 1. The Hall–Kier alpha value is -1.90. The Morgan fingerprint density at radius 3 is 2.48 bits per heavy atom. The molecule has 0 atom stereocenters. The second kappa shape index (κ2) is 8.86. The number of benzene rings is 2. The van der Waals surface area contributed by atoms with Crippen molar-refractivity contribution in [2.75, 3.05) is 19.9 Å². The van der Waals surface area contributed by atoms with Crippen molar-refractivity contribution in [1.29, 1.82) is 0 Å². The monoisotopic (exact) mass is 473 g/mol. The van der Waals surface area contributed by atoms with Crippen LogP contribution in [-0.4, -0.2) is 45.1 Å². The molecule has 27 heavy (non-hydrogen) atoms. The molecule has 0 radical (unpaired) electrons. The van der Waals surface area contributed by atoms with E-state index >= 15 is 0 Å². The molecular weight excluding hydrogens is 458 g/mol. The SMILES string of the molecule is CN(Cc1ccccc1Br)C(=O)COC(=O)c1cc(S(C)(=O)=O)ccc1Cl. The summed E-state index contributed by atoms with van der Waals surface area (Å²) in [7, 11) is -1.91. The number of carbonyl (C=O) groups excluding carboxylic acids is 2. The number of amides is 1. The van der Waals surface area contributed by atoms with Gasteiger partial charge in [0.05, 0.1) is 15.5 Å². The number of sulfone groups is 1.